The Hall–Kier alpha value is -13.3. The molecule has 2 N–H and O–H groups in total. The van der Waals surface area contributed by atoms with Crippen LogP contribution in [0, 0.1) is 0 Å². The van der Waals surface area contributed by atoms with E-state index in [4.69, 9.17) is 27.4 Å². The van der Waals surface area contributed by atoms with Gasteiger partial charge >= 0.3 is 24.6 Å². The Morgan fingerprint density at radius 1 is 0.382 bits per heavy atom. The second-order valence-corrected chi connectivity index (χ2v) is 30.6. The Labute approximate surface area is 707 Å². The van der Waals surface area contributed by atoms with Gasteiger partial charge in [-0.2, -0.15) is 64.4 Å². The zero-order valence-corrected chi connectivity index (χ0v) is 67.8. The van der Waals surface area contributed by atoms with Gasteiger partial charge in [-0.15, -0.1) is 0 Å². The van der Waals surface area contributed by atoms with E-state index in [9.17, 15) is 44.3 Å². The normalized spacial score (nSPS) is 15.0. The molecule has 3 saturated heterocycles. The maximum atomic E-state index is 12.9. The Morgan fingerprint density at radius 3 is 1.20 bits per heavy atom. The van der Waals surface area contributed by atoms with Crippen LogP contribution in [0.5, 0.6) is 0 Å². The average Bonchev–Trinajstić information content (AvgIpc) is 1.50. The molecular formula is C90H78BrF9N16O7. The number of benzene rings is 7. The Bertz CT molecular complexity index is 5880. The minimum absolute atomic E-state index is 0.0118. The molecule has 18 rings (SSSR count). The lowest BCUT2D eigenvalue weighted by molar-refractivity contribution is -0.143. The first-order valence-corrected chi connectivity index (χ1v) is 40.0. The summed E-state index contributed by atoms with van der Waals surface area (Å²) in [7, 11) is 0. The van der Waals surface area contributed by atoms with E-state index in [0.717, 1.165) is 95.5 Å². The Morgan fingerprint density at radius 2 is 0.772 bits per heavy atom. The van der Waals surface area contributed by atoms with Crippen LogP contribution in [0.15, 0.2) is 271 Å². The minimum Gasteiger partial charge on any atom is -0.444 e. The molecule has 0 saturated carbocycles. The number of piperidine rings is 3. The number of aromatic nitrogens is 13. The number of hydrogen-bond donors (Lipinski definition) is 2. The van der Waals surface area contributed by atoms with Crippen molar-refractivity contribution < 1.29 is 71.7 Å². The topological polar surface area (TPSA) is 287 Å². The number of nitrogens with one attached hydrogen (secondary N) is 2. The van der Waals surface area contributed by atoms with Gasteiger partial charge in [-0.05, 0) is 217 Å². The Kier molecular flexibility index (Phi) is 27.4. The van der Waals surface area contributed by atoms with Gasteiger partial charge in [0.05, 0.1) is 22.7 Å². The van der Waals surface area contributed by atoms with Crippen LogP contribution in [-0.2, 0) is 23.3 Å². The van der Waals surface area contributed by atoms with Gasteiger partial charge in [0.1, 0.15) is 5.60 Å². The van der Waals surface area contributed by atoms with Gasteiger partial charge < -0.3 is 42.9 Å². The predicted molar refractivity (Wildman–Crippen MR) is 441 cm³/mol. The van der Waals surface area contributed by atoms with E-state index in [2.05, 4.69) is 135 Å². The summed E-state index contributed by atoms with van der Waals surface area (Å²) < 4.78 is 148. The Balaban J connectivity index is 0.000000126. The van der Waals surface area contributed by atoms with Crippen LogP contribution in [0.4, 0.5) is 44.3 Å². The number of ether oxygens (including phenoxy) is 1. The molecule has 0 spiro atoms. The third-order valence-electron chi connectivity index (χ3n) is 19.8. The van der Waals surface area contributed by atoms with Crippen LogP contribution in [0.2, 0.25) is 0 Å². The molecule has 15 aromatic rings. The summed E-state index contributed by atoms with van der Waals surface area (Å²) in [4.78, 5) is 48.1. The standard InChI is InChI=1S/C23H26N4O3.2C18H18N4O.C16H8F6N2O.C15H8BrF3N2O/c1-23(2,3)29-22(28)27-15-5-4-6-19(27)16-7-9-18(10-8-16)21-25-20(26-30-21)17-11-13-24-14-12-17;1-2-15(13-4-8-19-9-5-13)12-16(3-1)18-21-17(22-23-18)14-6-10-20-11-7-14;1-2-10-20-16(3-1)13-4-6-15(7-5-13)18-21-17(22-23-18)14-8-11-19-12-9-14;17-15(18,19)11-6-10(7-12(8-11)16(20,21)22)14-23-13(24-25-14)9-4-2-1-3-5-9;16-12-7-10(6-11(8-12)15(17,18)19)14-20-13(21-22-14)9-4-2-1-3-5-9/h7-14,19H,4-6,15H2,1-3H3;1-3,6-7,10-13,19H,4-5,8-9H2;4-9,11-12,16,20H,1-3,10H2;1-8H;1-8H. The van der Waals surface area contributed by atoms with Crippen molar-refractivity contribution >= 4 is 22.0 Å². The van der Waals surface area contributed by atoms with Crippen LogP contribution >= 0.6 is 15.9 Å². The van der Waals surface area contributed by atoms with E-state index in [1.807, 2.05) is 111 Å². The first-order valence-electron chi connectivity index (χ1n) is 39.2. The van der Waals surface area contributed by atoms with E-state index >= 15 is 0 Å². The monoisotopic (exact) mass is 1740 g/mol. The molecule has 2 unspecified atom stereocenters. The number of likely N-dealkylation sites (tertiary alicyclic amines) is 1. The molecule has 123 heavy (non-hydrogen) atoms. The molecule has 3 aliphatic rings. The van der Waals surface area contributed by atoms with E-state index in [1.54, 1.807) is 79.6 Å². The summed E-state index contributed by atoms with van der Waals surface area (Å²) in [6.07, 6.45) is 4.81. The number of amides is 1. The van der Waals surface area contributed by atoms with Gasteiger partial charge in [-0.3, -0.25) is 15.0 Å². The van der Waals surface area contributed by atoms with Crippen molar-refractivity contribution in [1.82, 2.24) is 81.2 Å². The second-order valence-electron chi connectivity index (χ2n) is 29.7. The van der Waals surface area contributed by atoms with Gasteiger partial charge in [0, 0.05) is 110 Å². The van der Waals surface area contributed by atoms with Crippen molar-refractivity contribution in [2.45, 2.75) is 114 Å². The fourth-order valence-electron chi connectivity index (χ4n) is 13.7. The third-order valence-corrected chi connectivity index (χ3v) is 20.3. The van der Waals surface area contributed by atoms with Gasteiger partial charge in [0.2, 0.25) is 29.1 Å². The van der Waals surface area contributed by atoms with Crippen molar-refractivity contribution in [3.8, 4) is 114 Å². The SMILES string of the molecule is CC(C)(C)OC(=O)N1CCCCC1c1ccc(-c2nc(-c3ccncc3)no2)cc1.FC(F)(F)c1cc(-c2nc(-c3ccccc3)no2)cc(C(F)(F)F)c1.FC(F)(F)c1cc(Br)cc(-c2nc(-c3ccccc3)no2)c1.c1cc(-c2nc(-c3ccncc3)no2)cc(C2CCNCC2)c1.c1cc(-c2noc(-c3ccc(C4CCCCN4)cc3)n2)ccn1. The summed E-state index contributed by atoms with van der Waals surface area (Å²) in [6.45, 7) is 9.66. The lowest BCUT2D eigenvalue weighted by Gasteiger charge is -2.37. The summed E-state index contributed by atoms with van der Waals surface area (Å²) in [6, 6.07) is 58.5. The number of halogens is 10. The molecular weight excluding hydrogens is 1670 g/mol. The minimum atomic E-state index is -4.95. The summed E-state index contributed by atoms with van der Waals surface area (Å²) in [5, 5.41) is 26.6. The van der Waals surface area contributed by atoms with Gasteiger partial charge in [-0.1, -0.05) is 145 Å². The van der Waals surface area contributed by atoms with Crippen LogP contribution in [0.25, 0.3) is 114 Å². The van der Waals surface area contributed by atoms with Crippen molar-refractivity contribution in [3.63, 3.8) is 0 Å². The van der Waals surface area contributed by atoms with E-state index < -0.39 is 52.3 Å². The maximum absolute atomic E-state index is 12.9. The number of carbonyl (C=O) groups excluding carboxylic acids is 1. The second kappa shape index (κ2) is 39.1. The average molecular weight is 1750 g/mol. The number of rotatable bonds is 13. The fourth-order valence-corrected chi connectivity index (χ4v) is 14.2. The molecule has 1 amide bonds. The molecule has 0 radical (unpaired) electrons. The van der Waals surface area contributed by atoms with Gasteiger partial charge in [0.25, 0.3) is 29.5 Å². The van der Waals surface area contributed by atoms with Crippen LogP contribution in [-0.4, -0.2) is 108 Å². The molecule has 3 fully saturated rings. The summed E-state index contributed by atoms with van der Waals surface area (Å²) in [5.41, 5.74) is 5.98. The van der Waals surface area contributed by atoms with E-state index in [0.29, 0.717) is 77.2 Å². The highest BCUT2D eigenvalue weighted by Crippen LogP contribution is 2.41. The molecule has 23 nitrogen and oxygen atoms in total. The smallest absolute Gasteiger partial charge is 0.416 e. The zero-order valence-electron chi connectivity index (χ0n) is 66.2. The van der Waals surface area contributed by atoms with Crippen molar-refractivity contribution in [2.75, 3.05) is 26.2 Å². The first-order chi connectivity index (χ1) is 59.3. The van der Waals surface area contributed by atoms with Crippen molar-refractivity contribution in [3.05, 3.63) is 281 Å². The molecule has 2 atom stereocenters. The number of nitrogens with zero attached hydrogens (tertiary/aromatic N) is 14. The highest BCUT2D eigenvalue weighted by molar-refractivity contribution is 9.10. The molecule has 8 aromatic heterocycles. The number of pyridine rings is 3. The lowest BCUT2D eigenvalue weighted by Crippen LogP contribution is -2.41. The largest absolute Gasteiger partial charge is 0.444 e. The number of carbonyl (C=O) groups is 1. The predicted octanol–water partition coefficient (Wildman–Crippen LogP) is 22.8. The number of hydrogen-bond acceptors (Lipinski definition) is 22. The quantitative estimate of drug-likeness (QED) is 0.101. The molecule has 0 aliphatic carbocycles. The van der Waals surface area contributed by atoms with Crippen LogP contribution in [0.1, 0.15) is 124 Å². The summed E-state index contributed by atoms with van der Waals surface area (Å²) >= 11 is 3.06. The van der Waals surface area contributed by atoms with Crippen LogP contribution in [0.3, 0.4) is 0 Å². The highest BCUT2D eigenvalue weighted by atomic mass is 79.9. The first kappa shape index (κ1) is 86.1. The van der Waals surface area contributed by atoms with Crippen LogP contribution < -0.4 is 10.6 Å². The maximum Gasteiger partial charge on any atom is 0.416 e. The molecule has 0 bridgehead atoms. The molecule has 630 valence electrons. The zero-order chi connectivity index (χ0) is 86.1. The number of alkyl halides is 9. The van der Waals surface area contributed by atoms with Gasteiger partial charge in [0.15, 0.2) is 0 Å². The third kappa shape index (κ3) is 23.1. The molecule has 7 aromatic carbocycles. The molecule has 33 heteroatoms. The lowest BCUT2D eigenvalue weighted by atomic mass is 9.89. The summed E-state index contributed by atoms with van der Waals surface area (Å²) in [5.74, 6) is 3.86. The molecule has 3 aliphatic heterocycles. The molecule has 11 heterocycles. The highest BCUT2D eigenvalue weighted by Gasteiger charge is 2.39. The van der Waals surface area contributed by atoms with Gasteiger partial charge in [-0.25, -0.2) is 4.79 Å². The van der Waals surface area contributed by atoms with Crippen molar-refractivity contribution in [2.24, 2.45) is 0 Å². The fraction of sp³-hybridized carbons (Fsp3) is 0.244. The van der Waals surface area contributed by atoms with E-state index in [1.165, 1.54) is 49.3 Å². The van der Waals surface area contributed by atoms with E-state index in [-0.39, 0.29) is 40.0 Å². The van der Waals surface area contributed by atoms with Crippen molar-refractivity contribution in [1.29, 1.82) is 0 Å².